The van der Waals surface area contributed by atoms with E-state index in [-0.39, 0.29) is 29.4 Å². The summed E-state index contributed by atoms with van der Waals surface area (Å²) in [4.78, 5) is 41.9. The molecule has 1 aliphatic carbocycles. The van der Waals surface area contributed by atoms with Gasteiger partial charge in [-0.25, -0.2) is 4.79 Å². The second-order valence-corrected chi connectivity index (χ2v) is 10.2. The molecule has 2 heterocycles. The molecule has 8 heteroatoms. The molecule has 3 aliphatic rings. The van der Waals surface area contributed by atoms with Gasteiger partial charge in [-0.1, -0.05) is 72.1 Å². The Morgan fingerprint density at radius 2 is 1.84 bits per heavy atom. The molecule has 1 atom stereocenters. The summed E-state index contributed by atoms with van der Waals surface area (Å²) in [6.07, 6.45) is 2.50. The first-order valence-electron chi connectivity index (χ1n) is 12.2. The molecule has 3 N–H and O–H groups in total. The quantitative estimate of drug-likeness (QED) is 0.323. The van der Waals surface area contributed by atoms with E-state index in [9.17, 15) is 14.4 Å². The average Bonchev–Trinajstić information content (AvgIpc) is 3.15. The van der Waals surface area contributed by atoms with Gasteiger partial charge in [0, 0.05) is 32.2 Å². The zero-order valence-electron chi connectivity index (χ0n) is 20.0. The van der Waals surface area contributed by atoms with Crippen molar-refractivity contribution in [3.05, 3.63) is 92.8 Å². The number of anilines is 1. The van der Waals surface area contributed by atoms with Crippen molar-refractivity contribution in [1.82, 2.24) is 0 Å². The lowest BCUT2D eigenvalue weighted by Gasteiger charge is -2.38. The minimum absolute atomic E-state index is 0.0581. The van der Waals surface area contributed by atoms with Gasteiger partial charge in [0.25, 0.3) is 0 Å². The minimum Gasteiger partial charge on any atom is -0.462 e. The fourth-order valence-corrected chi connectivity index (χ4v) is 5.98. The van der Waals surface area contributed by atoms with Crippen LogP contribution in [-0.2, 0) is 24.5 Å². The van der Waals surface area contributed by atoms with Crippen molar-refractivity contribution in [3.8, 4) is 0 Å². The molecule has 0 saturated heterocycles. The number of nitrogens with one attached hydrogen (secondary N) is 1. The number of benzene rings is 3. The van der Waals surface area contributed by atoms with Crippen LogP contribution in [0.15, 0.2) is 76.1 Å². The van der Waals surface area contributed by atoms with E-state index in [4.69, 9.17) is 15.2 Å². The average molecular weight is 559 g/mol. The van der Waals surface area contributed by atoms with Crippen LogP contribution in [0.3, 0.4) is 0 Å². The largest absolute Gasteiger partial charge is 0.462 e. The van der Waals surface area contributed by atoms with Crippen molar-refractivity contribution in [2.45, 2.75) is 31.6 Å². The number of ether oxygens (including phenoxy) is 2. The summed E-state index contributed by atoms with van der Waals surface area (Å²) in [6.45, 7) is 2.21. The third-order valence-corrected chi connectivity index (χ3v) is 7.71. The number of halogens is 1. The van der Waals surface area contributed by atoms with Crippen LogP contribution in [0, 0.1) is 0 Å². The Morgan fingerprint density at radius 3 is 2.59 bits per heavy atom. The lowest BCUT2D eigenvalue weighted by molar-refractivity contribution is -0.141. The molecule has 2 aliphatic heterocycles. The molecule has 3 aromatic rings. The standard InChI is InChI=1S/C29H23BrN2O5/c1-2-3-4-13-36-27(34)23-26(31)37-25-18-10-6-8-15-7-5-9-17(21(15)18)24(33)22(25)29(23)19-14-16(30)11-12-20(19)32-28(29)35/h5-12,14H,2-4,13,31H2,1H3,(H,32,35). The van der Waals surface area contributed by atoms with E-state index in [1.165, 1.54) is 0 Å². The first-order chi connectivity index (χ1) is 17.9. The van der Waals surface area contributed by atoms with Crippen molar-refractivity contribution < 1.29 is 23.9 Å². The number of fused-ring (bicyclic) bond motifs is 4. The first-order valence-corrected chi connectivity index (χ1v) is 13.0. The highest BCUT2D eigenvalue weighted by Gasteiger charge is 2.62. The van der Waals surface area contributed by atoms with Crippen molar-refractivity contribution in [2.24, 2.45) is 5.73 Å². The molecule has 1 spiro atoms. The molecular formula is C29H23BrN2O5. The van der Waals surface area contributed by atoms with E-state index in [0.717, 1.165) is 23.6 Å². The summed E-state index contributed by atoms with van der Waals surface area (Å²) < 4.78 is 12.3. The summed E-state index contributed by atoms with van der Waals surface area (Å²) in [5.74, 6) is -1.82. The Balaban J connectivity index is 1.65. The number of nitrogens with two attached hydrogens (primary N) is 1. The fourth-order valence-electron chi connectivity index (χ4n) is 5.62. The van der Waals surface area contributed by atoms with E-state index in [2.05, 4.69) is 21.2 Å². The van der Waals surface area contributed by atoms with Crippen LogP contribution < -0.4 is 11.1 Å². The highest BCUT2D eigenvalue weighted by Crippen LogP contribution is 2.56. The van der Waals surface area contributed by atoms with Gasteiger partial charge < -0.3 is 20.5 Å². The minimum atomic E-state index is -1.84. The van der Waals surface area contributed by atoms with Crippen LogP contribution in [0.2, 0.25) is 0 Å². The predicted octanol–water partition coefficient (Wildman–Crippen LogP) is 5.33. The molecule has 37 heavy (non-hydrogen) atoms. The number of unbranched alkanes of at least 4 members (excludes halogenated alkanes) is 2. The maximum atomic E-state index is 14.3. The van der Waals surface area contributed by atoms with E-state index in [0.29, 0.717) is 33.3 Å². The second-order valence-electron chi connectivity index (χ2n) is 9.32. The smallest absolute Gasteiger partial charge is 0.341 e. The summed E-state index contributed by atoms with van der Waals surface area (Å²) in [6, 6.07) is 16.3. The molecule has 7 nitrogen and oxygen atoms in total. The Bertz CT molecular complexity index is 1600. The zero-order chi connectivity index (χ0) is 25.9. The molecular weight excluding hydrogens is 536 g/mol. The number of carbonyl (C=O) groups excluding carboxylic acids is 3. The van der Waals surface area contributed by atoms with Gasteiger partial charge in [-0.3, -0.25) is 9.59 Å². The van der Waals surface area contributed by atoms with Crippen LogP contribution in [0.5, 0.6) is 0 Å². The van der Waals surface area contributed by atoms with Gasteiger partial charge in [-0.05, 0) is 30.0 Å². The molecule has 0 fully saturated rings. The highest BCUT2D eigenvalue weighted by atomic mass is 79.9. The second kappa shape index (κ2) is 8.59. The van der Waals surface area contributed by atoms with Crippen LogP contribution in [0.1, 0.15) is 47.7 Å². The van der Waals surface area contributed by atoms with Gasteiger partial charge in [0.2, 0.25) is 11.8 Å². The third kappa shape index (κ3) is 3.21. The number of carbonyl (C=O) groups is 3. The Hall–Kier alpha value is -3.91. The van der Waals surface area contributed by atoms with Gasteiger partial charge in [0.05, 0.1) is 12.2 Å². The van der Waals surface area contributed by atoms with Gasteiger partial charge in [0.15, 0.2) is 5.78 Å². The van der Waals surface area contributed by atoms with E-state index in [1.807, 2.05) is 31.2 Å². The highest BCUT2D eigenvalue weighted by molar-refractivity contribution is 9.10. The lowest BCUT2D eigenvalue weighted by Crippen LogP contribution is -2.48. The van der Waals surface area contributed by atoms with Crippen molar-refractivity contribution >= 4 is 55.8 Å². The molecule has 0 radical (unpaired) electrons. The van der Waals surface area contributed by atoms with E-state index in [1.54, 1.807) is 30.3 Å². The lowest BCUT2D eigenvalue weighted by atomic mass is 9.64. The Kier molecular flexibility index (Phi) is 5.45. The molecule has 0 aromatic heterocycles. The number of Topliss-reactive ketones (excluding diaryl/α,β-unsaturated/α-hetero) is 1. The normalized spacial score (nSPS) is 19.6. The van der Waals surface area contributed by atoms with Crippen molar-refractivity contribution in [1.29, 1.82) is 0 Å². The van der Waals surface area contributed by atoms with Gasteiger partial charge in [0.1, 0.15) is 16.7 Å². The third-order valence-electron chi connectivity index (χ3n) is 7.22. The summed E-state index contributed by atoms with van der Waals surface area (Å²) in [5, 5.41) is 4.44. The maximum Gasteiger partial charge on any atom is 0.341 e. The van der Waals surface area contributed by atoms with Gasteiger partial charge in [-0.2, -0.15) is 0 Å². The SMILES string of the molecule is CCCCCOC(=O)C1=C(N)OC2=C(C(=O)c3cccc4cccc2c34)C12C(=O)Nc1ccc(Br)cc12. The monoisotopic (exact) mass is 558 g/mol. The summed E-state index contributed by atoms with van der Waals surface area (Å²) in [5.41, 5.74) is 6.46. The Morgan fingerprint density at radius 1 is 1.08 bits per heavy atom. The molecule has 186 valence electrons. The zero-order valence-corrected chi connectivity index (χ0v) is 21.6. The van der Waals surface area contributed by atoms with Crippen LogP contribution >= 0.6 is 15.9 Å². The number of ketones is 1. The molecule has 0 saturated carbocycles. The maximum absolute atomic E-state index is 14.3. The molecule has 1 unspecified atom stereocenters. The number of rotatable bonds is 5. The van der Waals surface area contributed by atoms with Gasteiger partial charge >= 0.3 is 5.97 Å². The first kappa shape index (κ1) is 23.5. The van der Waals surface area contributed by atoms with Crippen LogP contribution in [-0.4, -0.2) is 24.3 Å². The molecule has 6 rings (SSSR count). The number of hydrogen-bond donors (Lipinski definition) is 2. The summed E-state index contributed by atoms with van der Waals surface area (Å²) >= 11 is 3.48. The molecule has 0 bridgehead atoms. The Labute approximate surface area is 221 Å². The number of amides is 1. The number of hydrogen-bond acceptors (Lipinski definition) is 6. The van der Waals surface area contributed by atoms with Crippen molar-refractivity contribution in [3.63, 3.8) is 0 Å². The number of esters is 1. The van der Waals surface area contributed by atoms with Crippen molar-refractivity contribution in [2.75, 3.05) is 11.9 Å². The molecule has 3 aromatic carbocycles. The summed E-state index contributed by atoms with van der Waals surface area (Å²) in [7, 11) is 0. The molecule has 1 amide bonds. The fraction of sp³-hybridized carbons (Fsp3) is 0.207. The van der Waals surface area contributed by atoms with Gasteiger partial charge in [-0.15, -0.1) is 0 Å². The van der Waals surface area contributed by atoms with Crippen LogP contribution in [0.25, 0.3) is 16.5 Å². The van der Waals surface area contributed by atoms with E-state index >= 15 is 0 Å². The topological polar surface area (TPSA) is 108 Å². The predicted molar refractivity (Wildman–Crippen MR) is 142 cm³/mol. The van der Waals surface area contributed by atoms with Crippen LogP contribution in [0.4, 0.5) is 5.69 Å². The van der Waals surface area contributed by atoms with E-state index < -0.39 is 23.1 Å².